The molecule has 1 atom stereocenters. The zero-order valence-electron chi connectivity index (χ0n) is 15.9. The molecule has 0 bridgehead atoms. The minimum atomic E-state index is -1.07. The molecular weight excluding hydrogens is 489 g/mol. The molecule has 9 heteroatoms. The minimum Gasteiger partial charge on any atom is -0.465 e. The summed E-state index contributed by atoms with van der Waals surface area (Å²) in [4.78, 5) is 21.1. The van der Waals surface area contributed by atoms with Crippen LogP contribution in [-0.2, 0) is 10.3 Å². The second-order valence-corrected chi connectivity index (χ2v) is 8.35. The van der Waals surface area contributed by atoms with Crippen molar-refractivity contribution in [1.82, 2.24) is 10.3 Å². The number of hydrogen-bond acceptors (Lipinski definition) is 5. The summed E-state index contributed by atoms with van der Waals surface area (Å²) in [5.41, 5.74) is 0.510. The minimum absolute atomic E-state index is 0.0192. The molecule has 1 unspecified atom stereocenters. The van der Waals surface area contributed by atoms with E-state index in [-0.39, 0.29) is 29.4 Å². The van der Waals surface area contributed by atoms with Crippen molar-refractivity contribution in [3.63, 3.8) is 0 Å². The number of hydrogen-bond donors (Lipinski definition) is 1. The average molecular weight is 503 g/mol. The molecule has 2 aromatic carbocycles. The van der Waals surface area contributed by atoms with Gasteiger partial charge in [-0.1, -0.05) is 45.7 Å². The maximum atomic E-state index is 14.7. The number of nitrogens with zero attached hydrogens (tertiary/aromatic N) is 2. The van der Waals surface area contributed by atoms with Crippen molar-refractivity contribution in [1.29, 1.82) is 0 Å². The Balaban J connectivity index is 1.66. The largest absolute Gasteiger partial charge is 0.465 e. The van der Waals surface area contributed by atoms with Gasteiger partial charge in [0.05, 0.1) is 6.61 Å². The van der Waals surface area contributed by atoms with Crippen LogP contribution in [0.1, 0.15) is 27.9 Å². The summed E-state index contributed by atoms with van der Waals surface area (Å²) in [7, 11) is 0. The van der Waals surface area contributed by atoms with E-state index in [0.29, 0.717) is 28.9 Å². The second kappa shape index (κ2) is 7.62. The SMILES string of the molecule is O=C(NC1=NC2(CCO1)c1cc(Br)ccc1Oc1c2cc(Cl)nc1F)c1ccccc1. The van der Waals surface area contributed by atoms with Crippen LogP contribution in [0.25, 0.3) is 0 Å². The van der Waals surface area contributed by atoms with Gasteiger partial charge < -0.3 is 9.47 Å². The molecule has 0 fully saturated rings. The number of carbonyl (C=O) groups excluding carboxylic acids is 1. The molecule has 1 amide bonds. The van der Waals surface area contributed by atoms with Crippen LogP contribution in [0.15, 0.2) is 64.1 Å². The zero-order valence-corrected chi connectivity index (χ0v) is 18.2. The normalized spacial score (nSPS) is 18.9. The molecule has 2 aliphatic rings. The van der Waals surface area contributed by atoms with Crippen LogP contribution < -0.4 is 10.1 Å². The van der Waals surface area contributed by atoms with E-state index in [2.05, 4.69) is 26.2 Å². The van der Waals surface area contributed by atoms with Crippen LogP contribution in [0.2, 0.25) is 5.15 Å². The number of nitrogens with one attached hydrogen (secondary N) is 1. The highest BCUT2D eigenvalue weighted by Crippen LogP contribution is 2.53. The van der Waals surface area contributed by atoms with Gasteiger partial charge >= 0.3 is 0 Å². The molecule has 3 aromatic rings. The van der Waals surface area contributed by atoms with Crippen molar-refractivity contribution in [3.8, 4) is 11.5 Å². The summed E-state index contributed by atoms with van der Waals surface area (Å²) in [6.45, 7) is 0.237. The Morgan fingerprint density at radius 2 is 1.97 bits per heavy atom. The molecule has 31 heavy (non-hydrogen) atoms. The number of ether oxygens (including phenoxy) is 2. The maximum Gasteiger partial charge on any atom is 0.292 e. The van der Waals surface area contributed by atoms with Gasteiger partial charge in [-0.3, -0.25) is 10.1 Å². The molecule has 156 valence electrons. The standard InChI is InChI=1S/C22H14BrClFN3O3/c23-13-6-7-16-14(10-13)22(15-11-17(24)26-19(25)18(15)31-16)8-9-30-21(28-22)27-20(29)12-4-2-1-3-5-12/h1-7,10-11H,8-9H2,(H,27,28,29). The monoisotopic (exact) mass is 501 g/mol. The number of benzene rings is 2. The van der Waals surface area contributed by atoms with E-state index in [1.807, 2.05) is 12.1 Å². The van der Waals surface area contributed by atoms with Crippen LogP contribution in [0.3, 0.4) is 0 Å². The number of rotatable bonds is 1. The quantitative estimate of drug-likeness (QED) is 0.465. The molecule has 6 nitrogen and oxygen atoms in total. The smallest absolute Gasteiger partial charge is 0.292 e. The van der Waals surface area contributed by atoms with Gasteiger partial charge in [-0.2, -0.15) is 4.39 Å². The Morgan fingerprint density at radius 1 is 1.16 bits per heavy atom. The van der Waals surface area contributed by atoms with Gasteiger partial charge in [-0.15, -0.1) is 0 Å². The maximum absolute atomic E-state index is 14.7. The lowest BCUT2D eigenvalue weighted by Gasteiger charge is -2.39. The van der Waals surface area contributed by atoms with Crippen LogP contribution in [0, 0.1) is 5.95 Å². The predicted octanol–water partition coefficient (Wildman–Crippen LogP) is 5.19. The molecule has 0 aliphatic carbocycles. The van der Waals surface area contributed by atoms with Gasteiger partial charge in [0.2, 0.25) is 0 Å². The lowest BCUT2D eigenvalue weighted by Crippen LogP contribution is -2.42. The third kappa shape index (κ3) is 3.45. The summed E-state index contributed by atoms with van der Waals surface area (Å²) in [5, 5.41) is 2.69. The summed E-state index contributed by atoms with van der Waals surface area (Å²) in [6.07, 6.45) is 0.386. The van der Waals surface area contributed by atoms with Gasteiger partial charge in [0.25, 0.3) is 17.9 Å². The van der Waals surface area contributed by atoms with Crippen LogP contribution in [-0.4, -0.2) is 23.5 Å². The number of amidine groups is 1. The third-order valence-electron chi connectivity index (χ3n) is 5.20. The van der Waals surface area contributed by atoms with Crippen LogP contribution in [0.5, 0.6) is 11.5 Å². The van der Waals surface area contributed by atoms with Crippen molar-refractivity contribution in [2.75, 3.05) is 6.61 Å². The summed E-state index contributed by atoms with van der Waals surface area (Å²) in [6, 6.07) is 15.7. The Hall–Kier alpha value is -2.97. The van der Waals surface area contributed by atoms with Gasteiger partial charge in [-0.05, 0) is 36.4 Å². The molecule has 0 radical (unpaired) electrons. The van der Waals surface area contributed by atoms with Gasteiger partial charge in [-0.25, -0.2) is 9.98 Å². The summed E-state index contributed by atoms with van der Waals surface area (Å²) >= 11 is 9.56. The molecule has 5 rings (SSSR count). The Morgan fingerprint density at radius 3 is 2.77 bits per heavy atom. The second-order valence-electron chi connectivity index (χ2n) is 7.05. The van der Waals surface area contributed by atoms with Crippen molar-refractivity contribution in [2.24, 2.45) is 4.99 Å². The van der Waals surface area contributed by atoms with E-state index in [9.17, 15) is 9.18 Å². The topological polar surface area (TPSA) is 72.8 Å². The number of halogens is 3. The molecule has 1 spiro atoms. The van der Waals surface area contributed by atoms with Crippen molar-refractivity contribution in [2.45, 2.75) is 12.0 Å². The van der Waals surface area contributed by atoms with Gasteiger partial charge in [0.1, 0.15) is 16.4 Å². The lowest BCUT2D eigenvalue weighted by molar-refractivity contribution is 0.0959. The first-order valence-corrected chi connectivity index (χ1v) is 10.6. The molecule has 3 heterocycles. The summed E-state index contributed by atoms with van der Waals surface area (Å²) in [5.74, 6) is -0.791. The van der Waals surface area contributed by atoms with E-state index in [0.717, 1.165) is 4.47 Å². The molecule has 2 aliphatic heterocycles. The molecule has 1 aromatic heterocycles. The number of aromatic nitrogens is 1. The van der Waals surface area contributed by atoms with E-state index < -0.39 is 11.5 Å². The highest BCUT2D eigenvalue weighted by molar-refractivity contribution is 9.10. The van der Waals surface area contributed by atoms with Crippen molar-refractivity contribution < 1.29 is 18.7 Å². The fraction of sp³-hybridized carbons (Fsp3) is 0.136. The van der Waals surface area contributed by atoms with E-state index >= 15 is 0 Å². The van der Waals surface area contributed by atoms with E-state index in [1.54, 1.807) is 36.4 Å². The molecule has 1 N–H and O–H groups in total. The average Bonchev–Trinajstić information content (AvgIpc) is 2.76. The first-order valence-electron chi connectivity index (χ1n) is 9.40. The highest BCUT2D eigenvalue weighted by atomic mass is 79.9. The molecule has 0 saturated heterocycles. The van der Waals surface area contributed by atoms with Crippen LogP contribution in [0.4, 0.5) is 4.39 Å². The highest BCUT2D eigenvalue weighted by Gasteiger charge is 2.46. The number of fused-ring (bicyclic) bond motifs is 4. The first kappa shape index (κ1) is 20.0. The van der Waals surface area contributed by atoms with Crippen LogP contribution >= 0.6 is 27.5 Å². The first-order chi connectivity index (χ1) is 15.0. The van der Waals surface area contributed by atoms with Crippen molar-refractivity contribution >= 4 is 39.5 Å². The number of aliphatic imine (C=N–C) groups is 1. The summed E-state index contributed by atoms with van der Waals surface area (Å²) < 4.78 is 27.0. The lowest BCUT2D eigenvalue weighted by atomic mass is 9.78. The van der Waals surface area contributed by atoms with Gasteiger partial charge in [0.15, 0.2) is 5.75 Å². The number of carbonyl (C=O) groups is 1. The molecule has 0 saturated carbocycles. The predicted molar refractivity (Wildman–Crippen MR) is 116 cm³/mol. The van der Waals surface area contributed by atoms with Gasteiger partial charge in [0, 0.05) is 27.6 Å². The fourth-order valence-corrected chi connectivity index (χ4v) is 4.36. The van der Waals surface area contributed by atoms with E-state index in [1.165, 1.54) is 6.07 Å². The Bertz CT molecular complexity index is 1240. The fourth-order valence-electron chi connectivity index (χ4n) is 3.82. The zero-order chi connectivity index (χ0) is 21.6. The number of pyridine rings is 1. The third-order valence-corrected chi connectivity index (χ3v) is 5.88. The Labute approximate surface area is 190 Å². The van der Waals surface area contributed by atoms with Crippen molar-refractivity contribution in [3.05, 3.63) is 86.9 Å². The Kier molecular flexibility index (Phi) is 4.91. The van der Waals surface area contributed by atoms with E-state index in [4.69, 9.17) is 26.1 Å². The number of amides is 1. The molecular formula is C22H14BrClFN3O3.